The molecule has 2 aromatic rings. The molecule has 1 nitrogen and oxygen atoms in total. The van der Waals surface area contributed by atoms with Crippen LogP contribution in [0.2, 0.25) is 5.02 Å². The minimum Gasteiger partial charge on any atom is -0.294 e. The predicted octanol–water partition coefficient (Wildman–Crippen LogP) is 6.05. The summed E-state index contributed by atoms with van der Waals surface area (Å²) in [6.45, 7) is 8.13. The lowest BCUT2D eigenvalue weighted by molar-refractivity contribution is 0.101. The van der Waals surface area contributed by atoms with Gasteiger partial charge in [0.1, 0.15) is 0 Å². The van der Waals surface area contributed by atoms with Gasteiger partial charge in [-0.1, -0.05) is 44.1 Å². The number of thiophene rings is 1. The molecule has 0 amide bonds. The molecule has 0 N–H and O–H groups in total. The van der Waals surface area contributed by atoms with E-state index in [9.17, 15) is 4.79 Å². The number of Topliss-reactive ketones (excluding diaryl/α,β-unsaturated/α-hetero) is 1. The topological polar surface area (TPSA) is 17.1 Å². The molecular formula is C16H17ClOS2. The zero-order valence-corrected chi connectivity index (χ0v) is 14.4. The molecule has 0 aliphatic heterocycles. The summed E-state index contributed by atoms with van der Waals surface area (Å²) < 4.78 is 0. The highest BCUT2D eigenvalue weighted by Gasteiger charge is 2.21. The number of carbonyl (C=O) groups is 1. The minimum atomic E-state index is 0.0632. The maximum Gasteiger partial charge on any atom is 0.170 e. The van der Waals surface area contributed by atoms with Crippen LogP contribution in [0.5, 0.6) is 0 Å². The molecule has 0 saturated carbocycles. The maximum atomic E-state index is 11.8. The van der Waals surface area contributed by atoms with Crippen molar-refractivity contribution in [1.82, 2.24) is 0 Å². The maximum absolute atomic E-state index is 11.8. The van der Waals surface area contributed by atoms with Gasteiger partial charge in [-0.2, -0.15) is 0 Å². The third kappa shape index (κ3) is 3.66. The highest BCUT2D eigenvalue weighted by molar-refractivity contribution is 7.99. The second-order valence-corrected chi connectivity index (χ2v) is 8.27. The van der Waals surface area contributed by atoms with Gasteiger partial charge >= 0.3 is 0 Å². The summed E-state index contributed by atoms with van der Waals surface area (Å²) in [4.78, 5) is 16.0. The van der Waals surface area contributed by atoms with E-state index in [-0.39, 0.29) is 11.2 Å². The van der Waals surface area contributed by atoms with Gasteiger partial charge in [-0.3, -0.25) is 4.79 Å². The second kappa shape index (κ2) is 5.92. The fourth-order valence-electron chi connectivity index (χ4n) is 1.69. The summed E-state index contributed by atoms with van der Waals surface area (Å²) in [6, 6.07) is 9.83. The van der Waals surface area contributed by atoms with E-state index in [1.54, 1.807) is 30.0 Å². The third-order valence-corrected chi connectivity index (χ3v) is 5.89. The molecule has 0 saturated heterocycles. The molecule has 1 heterocycles. The zero-order chi connectivity index (χ0) is 14.9. The molecule has 0 aliphatic carbocycles. The average molecular weight is 325 g/mol. The van der Waals surface area contributed by atoms with Gasteiger partial charge in [0.2, 0.25) is 0 Å². The SMILES string of the molecule is CC(=O)c1sc(C(C)(C)C)cc1Sc1ccc(Cl)cc1. The lowest BCUT2D eigenvalue weighted by Crippen LogP contribution is -2.07. The summed E-state index contributed by atoms with van der Waals surface area (Å²) >= 11 is 9.12. The van der Waals surface area contributed by atoms with E-state index in [0.29, 0.717) is 0 Å². The molecule has 4 heteroatoms. The monoisotopic (exact) mass is 324 g/mol. The van der Waals surface area contributed by atoms with Crippen molar-refractivity contribution < 1.29 is 4.79 Å². The van der Waals surface area contributed by atoms with Crippen LogP contribution in [0.4, 0.5) is 0 Å². The average Bonchev–Trinajstić information content (AvgIpc) is 2.76. The molecule has 0 aliphatic rings. The van der Waals surface area contributed by atoms with E-state index in [4.69, 9.17) is 11.6 Å². The van der Waals surface area contributed by atoms with Crippen LogP contribution in [-0.4, -0.2) is 5.78 Å². The molecule has 2 rings (SSSR count). The zero-order valence-electron chi connectivity index (χ0n) is 12.0. The molecule has 0 radical (unpaired) electrons. The van der Waals surface area contributed by atoms with Crippen molar-refractivity contribution in [3.05, 3.63) is 45.1 Å². The van der Waals surface area contributed by atoms with Crippen LogP contribution in [0.15, 0.2) is 40.1 Å². The first kappa shape index (κ1) is 15.6. The van der Waals surface area contributed by atoms with Crippen LogP contribution in [0.1, 0.15) is 42.2 Å². The lowest BCUT2D eigenvalue weighted by atomic mass is 9.95. The van der Waals surface area contributed by atoms with E-state index in [0.717, 1.165) is 19.7 Å². The molecule has 0 fully saturated rings. The number of hydrogen-bond acceptors (Lipinski definition) is 3. The summed E-state index contributed by atoms with van der Waals surface area (Å²) in [5.74, 6) is 0.127. The quantitative estimate of drug-likeness (QED) is 0.639. The van der Waals surface area contributed by atoms with Crippen LogP contribution >= 0.6 is 34.7 Å². The fourth-order valence-corrected chi connectivity index (χ4v) is 4.09. The van der Waals surface area contributed by atoms with Crippen LogP contribution in [0.3, 0.4) is 0 Å². The first-order valence-electron chi connectivity index (χ1n) is 6.36. The van der Waals surface area contributed by atoms with Gasteiger partial charge in [-0.25, -0.2) is 0 Å². The highest BCUT2D eigenvalue weighted by atomic mass is 35.5. The van der Waals surface area contributed by atoms with Crippen molar-refractivity contribution in [2.24, 2.45) is 0 Å². The Bertz CT molecular complexity index is 621. The minimum absolute atomic E-state index is 0.0632. The fraction of sp³-hybridized carbons (Fsp3) is 0.312. The Morgan fingerprint density at radius 3 is 2.30 bits per heavy atom. The molecule has 1 aromatic heterocycles. The van der Waals surface area contributed by atoms with E-state index in [1.165, 1.54) is 4.88 Å². The van der Waals surface area contributed by atoms with Crippen molar-refractivity contribution in [2.75, 3.05) is 0 Å². The second-order valence-electron chi connectivity index (χ2n) is 5.67. The van der Waals surface area contributed by atoms with E-state index in [2.05, 4.69) is 26.8 Å². The van der Waals surface area contributed by atoms with Crippen molar-refractivity contribution >= 4 is 40.5 Å². The molecule has 20 heavy (non-hydrogen) atoms. The van der Waals surface area contributed by atoms with Gasteiger partial charge in [-0.15, -0.1) is 11.3 Å². The molecule has 106 valence electrons. The summed E-state index contributed by atoms with van der Waals surface area (Å²) in [6.07, 6.45) is 0. The Hall–Kier alpha value is -0.770. The van der Waals surface area contributed by atoms with Crippen LogP contribution in [0, 0.1) is 0 Å². The van der Waals surface area contributed by atoms with Crippen LogP contribution in [-0.2, 0) is 5.41 Å². The Kier molecular flexibility index (Phi) is 4.62. The number of halogens is 1. The first-order valence-corrected chi connectivity index (χ1v) is 8.37. The van der Waals surface area contributed by atoms with Crippen molar-refractivity contribution in [3.8, 4) is 0 Å². The van der Waals surface area contributed by atoms with Crippen LogP contribution < -0.4 is 0 Å². The van der Waals surface area contributed by atoms with Gasteiger partial charge in [-0.05, 0) is 42.7 Å². The smallest absolute Gasteiger partial charge is 0.170 e. The Labute approximate surface area is 133 Å². The van der Waals surface area contributed by atoms with Gasteiger partial charge in [0.25, 0.3) is 0 Å². The van der Waals surface area contributed by atoms with Gasteiger partial charge in [0, 0.05) is 19.7 Å². The molecular weight excluding hydrogens is 308 g/mol. The number of ketones is 1. The number of hydrogen-bond donors (Lipinski definition) is 0. The Balaban J connectivity index is 2.37. The molecule has 0 bridgehead atoms. The summed E-state index contributed by atoms with van der Waals surface area (Å²) in [5.41, 5.74) is 0.0632. The van der Waals surface area contributed by atoms with E-state index in [1.807, 2.05) is 24.3 Å². The van der Waals surface area contributed by atoms with Gasteiger partial charge in [0.15, 0.2) is 5.78 Å². The molecule has 1 aromatic carbocycles. The number of carbonyl (C=O) groups excluding carboxylic acids is 1. The standard InChI is InChI=1S/C16H17ClOS2/c1-10(18)15-13(9-14(20-15)16(2,3)4)19-12-7-5-11(17)6-8-12/h5-9H,1-4H3. The van der Waals surface area contributed by atoms with Crippen molar-refractivity contribution in [2.45, 2.75) is 42.9 Å². The molecule has 0 spiro atoms. The Morgan fingerprint density at radius 2 is 1.80 bits per heavy atom. The normalized spacial score (nSPS) is 11.7. The lowest BCUT2D eigenvalue weighted by Gasteiger charge is -2.15. The van der Waals surface area contributed by atoms with E-state index < -0.39 is 0 Å². The Morgan fingerprint density at radius 1 is 1.20 bits per heavy atom. The summed E-state index contributed by atoms with van der Waals surface area (Å²) in [7, 11) is 0. The third-order valence-electron chi connectivity index (χ3n) is 2.80. The number of rotatable bonds is 3. The van der Waals surface area contributed by atoms with Gasteiger partial charge in [0.05, 0.1) is 4.88 Å². The highest BCUT2D eigenvalue weighted by Crippen LogP contribution is 2.40. The van der Waals surface area contributed by atoms with Crippen molar-refractivity contribution in [3.63, 3.8) is 0 Å². The van der Waals surface area contributed by atoms with Crippen LogP contribution in [0.25, 0.3) is 0 Å². The first-order chi connectivity index (χ1) is 9.27. The summed E-state index contributed by atoms with van der Waals surface area (Å²) in [5, 5.41) is 0.724. The van der Waals surface area contributed by atoms with Crippen molar-refractivity contribution in [1.29, 1.82) is 0 Å². The predicted molar refractivity (Wildman–Crippen MR) is 88.6 cm³/mol. The molecule has 0 atom stereocenters. The number of benzene rings is 1. The largest absolute Gasteiger partial charge is 0.294 e. The van der Waals surface area contributed by atoms with E-state index >= 15 is 0 Å². The van der Waals surface area contributed by atoms with Gasteiger partial charge < -0.3 is 0 Å². The molecule has 0 unspecified atom stereocenters.